The third kappa shape index (κ3) is 5.95. The molecule has 1 atom stereocenters. The average molecular weight is 411 g/mol. The standard InChI is InChI=1S/C23H30N4O3/c1-17(23(28)27(2)20-8-4-3-5-9-20)30-26-22(24)19-10-12-21(13-11-19)29-16-18-7-6-14-25-15-18/h6-7,10-15,17,20H,3-5,8-9,16H2,1-2H3,(H2,24,26). The highest BCUT2D eigenvalue weighted by atomic mass is 16.6. The summed E-state index contributed by atoms with van der Waals surface area (Å²) in [7, 11) is 1.84. The Hall–Kier alpha value is -3.09. The van der Waals surface area contributed by atoms with E-state index in [1.54, 1.807) is 36.4 Å². The number of amidine groups is 1. The van der Waals surface area contributed by atoms with Crippen LogP contribution in [0.4, 0.5) is 0 Å². The van der Waals surface area contributed by atoms with Crippen LogP contribution in [0.25, 0.3) is 0 Å². The van der Waals surface area contributed by atoms with Gasteiger partial charge in [-0.2, -0.15) is 0 Å². The van der Waals surface area contributed by atoms with E-state index in [1.807, 2.05) is 31.3 Å². The van der Waals surface area contributed by atoms with E-state index in [4.69, 9.17) is 15.3 Å². The van der Waals surface area contributed by atoms with Crippen molar-refractivity contribution in [1.82, 2.24) is 9.88 Å². The van der Waals surface area contributed by atoms with Crippen LogP contribution in [-0.2, 0) is 16.2 Å². The second kappa shape index (κ2) is 10.6. The summed E-state index contributed by atoms with van der Waals surface area (Å²) in [6.07, 6.45) is 8.51. The molecule has 0 spiro atoms. The van der Waals surface area contributed by atoms with Crippen molar-refractivity contribution in [3.8, 4) is 5.75 Å². The van der Waals surface area contributed by atoms with Crippen molar-refractivity contribution in [1.29, 1.82) is 0 Å². The lowest BCUT2D eigenvalue weighted by Crippen LogP contribution is -2.43. The molecule has 2 aromatic rings. The van der Waals surface area contributed by atoms with Gasteiger partial charge in [0.25, 0.3) is 5.91 Å². The largest absolute Gasteiger partial charge is 0.489 e. The molecule has 0 bridgehead atoms. The van der Waals surface area contributed by atoms with Crippen LogP contribution in [0.2, 0.25) is 0 Å². The fourth-order valence-electron chi connectivity index (χ4n) is 3.54. The summed E-state index contributed by atoms with van der Waals surface area (Å²) in [6, 6.07) is 11.4. The zero-order chi connectivity index (χ0) is 21.3. The van der Waals surface area contributed by atoms with Crippen LogP contribution in [0.3, 0.4) is 0 Å². The van der Waals surface area contributed by atoms with Crippen molar-refractivity contribution < 1.29 is 14.4 Å². The van der Waals surface area contributed by atoms with Crippen LogP contribution in [0.15, 0.2) is 53.9 Å². The van der Waals surface area contributed by atoms with Gasteiger partial charge in [0.2, 0.25) is 6.10 Å². The van der Waals surface area contributed by atoms with Crippen LogP contribution in [-0.4, -0.2) is 40.8 Å². The Labute approximate surface area is 177 Å². The number of carbonyl (C=O) groups is 1. The molecule has 1 heterocycles. The highest BCUT2D eigenvalue weighted by Crippen LogP contribution is 2.22. The summed E-state index contributed by atoms with van der Waals surface area (Å²) in [5, 5.41) is 3.96. The molecule has 2 N–H and O–H groups in total. The van der Waals surface area contributed by atoms with E-state index in [-0.39, 0.29) is 17.8 Å². The number of nitrogens with two attached hydrogens (primary N) is 1. The lowest BCUT2D eigenvalue weighted by atomic mass is 9.94. The molecule has 0 aliphatic heterocycles. The van der Waals surface area contributed by atoms with E-state index in [0.717, 1.165) is 18.4 Å². The van der Waals surface area contributed by atoms with E-state index in [2.05, 4.69) is 10.1 Å². The molecule has 1 aliphatic carbocycles. The molecule has 1 fully saturated rings. The maximum absolute atomic E-state index is 12.6. The molecule has 30 heavy (non-hydrogen) atoms. The number of nitrogens with zero attached hydrogens (tertiary/aromatic N) is 3. The van der Waals surface area contributed by atoms with Crippen LogP contribution < -0.4 is 10.5 Å². The SMILES string of the molecule is CC(ON=C(N)c1ccc(OCc2cccnc2)cc1)C(=O)N(C)C1CCCCC1. The van der Waals surface area contributed by atoms with Crippen LogP contribution in [0.5, 0.6) is 5.75 Å². The monoisotopic (exact) mass is 410 g/mol. The first-order valence-electron chi connectivity index (χ1n) is 10.4. The fourth-order valence-corrected chi connectivity index (χ4v) is 3.54. The smallest absolute Gasteiger partial charge is 0.266 e. The second-order valence-corrected chi connectivity index (χ2v) is 7.64. The van der Waals surface area contributed by atoms with Crippen LogP contribution in [0, 0.1) is 0 Å². The molecule has 3 rings (SSSR count). The molecule has 160 valence electrons. The number of rotatable bonds is 8. The topological polar surface area (TPSA) is 90.0 Å². The van der Waals surface area contributed by atoms with Gasteiger partial charge in [-0.3, -0.25) is 9.78 Å². The van der Waals surface area contributed by atoms with Gasteiger partial charge in [0.15, 0.2) is 5.84 Å². The Balaban J connectivity index is 1.51. The quantitative estimate of drug-likeness (QED) is 0.409. The Morgan fingerprint density at radius 3 is 2.63 bits per heavy atom. The third-order valence-corrected chi connectivity index (χ3v) is 5.41. The third-order valence-electron chi connectivity index (χ3n) is 5.41. The number of hydrogen-bond donors (Lipinski definition) is 1. The molecule has 7 nitrogen and oxygen atoms in total. The van der Waals surface area contributed by atoms with Crippen molar-refractivity contribution in [2.24, 2.45) is 10.9 Å². The van der Waals surface area contributed by atoms with E-state index >= 15 is 0 Å². The number of carbonyl (C=O) groups excluding carboxylic acids is 1. The number of pyridine rings is 1. The molecule has 0 radical (unpaired) electrons. The Kier molecular flexibility index (Phi) is 7.65. The first-order valence-corrected chi connectivity index (χ1v) is 10.4. The summed E-state index contributed by atoms with van der Waals surface area (Å²) in [4.78, 5) is 23.9. The number of ether oxygens (including phenoxy) is 1. The van der Waals surface area contributed by atoms with E-state index in [1.165, 1.54) is 19.3 Å². The molecule has 1 aromatic heterocycles. The lowest BCUT2D eigenvalue weighted by molar-refractivity contribution is -0.144. The number of benzene rings is 1. The summed E-state index contributed by atoms with van der Waals surface area (Å²) in [5.74, 6) is 0.861. The maximum Gasteiger partial charge on any atom is 0.266 e. The number of aromatic nitrogens is 1. The summed E-state index contributed by atoms with van der Waals surface area (Å²) in [5.41, 5.74) is 7.72. The van der Waals surface area contributed by atoms with Gasteiger partial charge < -0.3 is 20.2 Å². The Morgan fingerprint density at radius 1 is 1.23 bits per heavy atom. The summed E-state index contributed by atoms with van der Waals surface area (Å²) in [6.45, 7) is 2.14. The number of hydrogen-bond acceptors (Lipinski definition) is 5. The lowest BCUT2D eigenvalue weighted by Gasteiger charge is -2.32. The molecule has 7 heteroatoms. The molecule has 1 unspecified atom stereocenters. The maximum atomic E-state index is 12.6. The summed E-state index contributed by atoms with van der Waals surface area (Å²) >= 11 is 0. The first kappa shape index (κ1) is 21.6. The zero-order valence-electron chi connectivity index (χ0n) is 17.7. The Bertz CT molecular complexity index is 833. The van der Waals surface area contributed by atoms with Gasteiger partial charge in [0.05, 0.1) is 0 Å². The average Bonchev–Trinajstić information content (AvgIpc) is 2.81. The van der Waals surface area contributed by atoms with Crippen LogP contribution >= 0.6 is 0 Å². The van der Waals surface area contributed by atoms with Crippen molar-refractivity contribution in [3.05, 3.63) is 59.9 Å². The number of amides is 1. The van der Waals surface area contributed by atoms with Gasteiger partial charge >= 0.3 is 0 Å². The van der Waals surface area contributed by atoms with Crippen molar-refractivity contribution in [3.63, 3.8) is 0 Å². The number of likely N-dealkylation sites (N-methyl/N-ethyl adjacent to an activating group) is 1. The highest BCUT2D eigenvalue weighted by Gasteiger charge is 2.26. The van der Waals surface area contributed by atoms with Gasteiger partial charge in [0.1, 0.15) is 12.4 Å². The minimum absolute atomic E-state index is 0.0717. The van der Waals surface area contributed by atoms with Gasteiger partial charge in [-0.1, -0.05) is 30.5 Å². The van der Waals surface area contributed by atoms with Gasteiger partial charge in [-0.25, -0.2) is 0 Å². The fraction of sp³-hybridized carbons (Fsp3) is 0.435. The van der Waals surface area contributed by atoms with E-state index < -0.39 is 6.10 Å². The number of oxime groups is 1. The minimum atomic E-state index is -0.683. The molecule has 1 saturated carbocycles. The molecular weight excluding hydrogens is 380 g/mol. The molecule has 1 aliphatic rings. The molecule has 0 saturated heterocycles. The van der Waals surface area contributed by atoms with E-state index in [9.17, 15) is 4.79 Å². The Morgan fingerprint density at radius 2 is 1.97 bits per heavy atom. The van der Waals surface area contributed by atoms with Gasteiger partial charge in [-0.05, 0) is 50.1 Å². The van der Waals surface area contributed by atoms with Crippen LogP contribution in [0.1, 0.15) is 50.2 Å². The van der Waals surface area contributed by atoms with Crippen molar-refractivity contribution >= 4 is 11.7 Å². The molecular formula is C23H30N4O3. The van der Waals surface area contributed by atoms with Gasteiger partial charge in [0, 0.05) is 36.6 Å². The normalized spacial score (nSPS) is 16.0. The van der Waals surface area contributed by atoms with Gasteiger partial charge in [-0.15, -0.1) is 0 Å². The second-order valence-electron chi connectivity index (χ2n) is 7.64. The molecule has 1 aromatic carbocycles. The van der Waals surface area contributed by atoms with Crippen molar-refractivity contribution in [2.75, 3.05) is 7.05 Å². The first-order chi connectivity index (χ1) is 14.5. The predicted octanol–water partition coefficient (Wildman–Crippen LogP) is 3.48. The molecule has 1 amide bonds. The van der Waals surface area contributed by atoms with Crippen molar-refractivity contribution in [2.45, 2.75) is 57.8 Å². The minimum Gasteiger partial charge on any atom is -0.489 e. The predicted molar refractivity (Wildman–Crippen MR) is 116 cm³/mol. The highest BCUT2D eigenvalue weighted by molar-refractivity contribution is 5.97. The summed E-state index contributed by atoms with van der Waals surface area (Å²) < 4.78 is 5.74. The zero-order valence-corrected chi connectivity index (χ0v) is 17.7. The van der Waals surface area contributed by atoms with E-state index in [0.29, 0.717) is 17.9 Å².